The Morgan fingerprint density at radius 1 is 1.17 bits per heavy atom. The van der Waals surface area contributed by atoms with Crippen LogP contribution in [-0.2, 0) is 42.2 Å². The van der Waals surface area contributed by atoms with Crippen LogP contribution in [0.25, 0.3) is 0 Å². The molecule has 105 valence electrons. The van der Waals surface area contributed by atoms with Gasteiger partial charge in [0.15, 0.2) is 5.97 Å². The third-order valence-electron chi connectivity index (χ3n) is 2.90. The van der Waals surface area contributed by atoms with Gasteiger partial charge in [0, 0.05) is 32.7 Å². The topological polar surface area (TPSA) is 26.3 Å². The number of hydrogen-bond acceptors (Lipinski definition) is 2. The second-order valence-corrected chi connectivity index (χ2v) is 6.17. The monoisotopic (exact) mass is 330 g/mol. The molecule has 0 fully saturated rings. The van der Waals surface area contributed by atoms with Crippen LogP contribution in [-0.4, -0.2) is 11.6 Å². The summed E-state index contributed by atoms with van der Waals surface area (Å²) in [5, 5.41) is 0. The molecule has 0 aromatic rings. The molecule has 0 unspecified atom stereocenters. The molecule has 0 bridgehead atoms. The van der Waals surface area contributed by atoms with Gasteiger partial charge >= 0.3 is 0 Å². The molecule has 1 radical (unpaired) electrons. The van der Waals surface area contributed by atoms with Gasteiger partial charge in [-0.1, -0.05) is 34.6 Å². The smallest absolute Gasteiger partial charge is 0.170 e. The largest absolute Gasteiger partial charge is 0.482 e. The molecule has 0 aliphatic carbocycles. The molecule has 0 saturated heterocycles. The number of carbonyl (C=O) groups excluding carboxylic acids is 1. The van der Waals surface area contributed by atoms with E-state index in [0.717, 1.165) is 25.2 Å². The van der Waals surface area contributed by atoms with Crippen molar-refractivity contribution in [2.45, 2.75) is 73.3 Å². The number of ether oxygens (including phenoxy) is 1. The summed E-state index contributed by atoms with van der Waals surface area (Å²) >= 11 is 0. The minimum atomic E-state index is -0.324. The van der Waals surface area contributed by atoms with Gasteiger partial charge in [0.05, 0.1) is 0 Å². The molecule has 18 heavy (non-hydrogen) atoms. The first-order valence-corrected chi connectivity index (χ1v) is 6.76. The summed E-state index contributed by atoms with van der Waals surface area (Å²) in [7, 11) is 0. The Morgan fingerprint density at radius 2 is 1.56 bits per heavy atom. The summed E-state index contributed by atoms with van der Waals surface area (Å²) in [6.07, 6.45) is 2.61. The molecule has 0 spiro atoms. The zero-order chi connectivity index (χ0) is 13.6. The minimum absolute atomic E-state index is 0. The van der Waals surface area contributed by atoms with Gasteiger partial charge in [-0.05, 0) is 31.6 Å². The van der Waals surface area contributed by atoms with Crippen molar-refractivity contribution < 1.29 is 42.2 Å². The van der Waals surface area contributed by atoms with Crippen molar-refractivity contribution in [1.82, 2.24) is 0 Å². The molecule has 0 aromatic heterocycles. The summed E-state index contributed by atoms with van der Waals surface area (Å²) in [6.45, 7) is 14.6. The van der Waals surface area contributed by atoms with Crippen LogP contribution in [0.3, 0.4) is 0 Å². The Bertz CT molecular complexity index is 227. The summed E-state index contributed by atoms with van der Waals surface area (Å²) in [4.78, 5) is 11.9. The van der Waals surface area contributed by atoms with Crippen molar-refractivity contribution in [1.29, 1.82) is 0 Å². The Labute approximate surface area is 139 Å². The summed E-state index contributed by atoms with van der Waals surface area (Å²) in [5.74, 6) is 1.75. The summed E-state index contributed by atoms with van der Waals surface area (Å²) < 4.78 is 5.74. The summed E-state index contributed by atoms with van der Waals surface area (Å²) in [6, 6.07) is 0. The molecule has 0 aromatic carbocycles. The molecular formula is C15H29O2Y-. The van der Waals surface area contributed by atoms with E-state index in [1.807, 2.05) is 13.8 Å². The maximum absolute atomic E-state index is 11.9. The number of hydrogen-bond donors (Lipinski definition) is 0. The van der Waals surface area contributed by atoms with Crippen molar-refractivity contribution in [3.05, 3.63) is 5.92 Å². The predicted molar refractivity (Wildman–Crippen MR) is 72.6 cm³/mol. The van der Waals surface area contributed by atoms with Gasteiger partial charge in [-0.25, -0.2) is 0 Å². The molecule has 0 atom stereocenters. The van der Waals surface area contributed by atoms with Crippen molar-refractivity contribution in [2.24, 2.45) is 11.8 Å². The van der Waals surface area contributed by atoms with Gasteiger partial charge in [0.1, 0.15) is 5.60 Å². The minimum Gasteiger partial charge on any atom is -0.482 e. The first-order chi connectivity index (χ1) is 7.70. The molecule has 3 heteroatoms. The normalized spacial score (nSPS) is 11.4. The molecule has 2 nitrogen and oxygen atoms in total. The van der Waals surface area contributed by atoms with Crippen LogP contribution in [0.5, 0.6) is 0 Å². The average molecular weight is 330 g/mol. The van der Waals surface area contributed by atoms with Crippen molar-refractivity contribution in [2.75, 3.05) is 0 Å². The van der Waals surface area contributed by atoms with Crippen LogP contribution < -0.4 is 0 Å². The molecule has 0 aliphatic heterocycles. The van der Waals surface area contributed by atoms with Gasteiger partial charge in [0.2, 0.25) is 0 Å². The Balaban J connectivity index is 0. The van der Waals surface area contributed by atoms with Crippen LogP contribution in [0.4, 0.5) is 0 Å². The fraction of sp³-hybridized carbons (Fsp3) is 0.867. The molecule has 0 heterocycles. The first kappa shape index (κ1) is 20.8. The third-order valence-corrected chi connectivity index (χ3v) is 2.90. The van der Waals surface area contributed by atoms with E-state index in [1.54, 1.807) is 0 Å². The first-order valence-electron chi connectivity index (χ1n) is 6.76. The zero-order valence-corrected chi connectivity index (χ0v) is 16.0. The van der Waals surface area contributed by atoms with E-state index in [0.29, 0.717) is 11.8 Å². The van der Waals surface area contributed by atoms with Crippen molar-refractivity contribution in [3.63, 3.8) is 0 Å². The van der Waals surface area contributed by atoms with Crippen molar-refractivity contribution in [3.8, 4) is 0 Å². The van der Waals surface area contributed by atoms with E-state index >= 15 is 0 Å². The van der Waals surface area contributed by atoms with E-state index in [2.05, 4.69) is 34.6 Å². The van der Waals surface area contributed by atoms with Crippen LogP contribution in [0.15, 0.2) is 0 Å². The Hall–Kier alpha value is 0.444. The standard InChI is InChI=1S/C15H29O2.Y/c1-8-13(6)14(16)17-15(7,9-11(2)3)10-12(4)5;/h11-12H,8-10H2,1-7H3;/q-1;. The third kappa shape index (κ3) is 8.53. The molecule has 0 aliphatic rings. The molecule has 0 amide bonds. The summed E-state index contributed by atoms with van der Waals surface area (Å²) in [5.41, 5.74) is -0.324. The molecule has 0 saturated carbocycles. The maximum Gasteiger partial charge on any atom is 0.170 e. The van der Waals surface area contributed by atoms with Crippen LogP contribution in [0.2, 0.25) is 0 Å². The molecule has 0 rings (SSSR count). The maximum atomic E-state index is 11.9. The molecular weight excluding hydrogens is 301 g/mol. The van der Waals surface area contributed by atoms with E-state index in [-0.39, 0.29) is 44.3 Å². The number of rotatable bonds is 7. The van der Waals surface area contributed by atoms with Gasteiger partial charge in [-0.15, -0.1) is 0 Å². The van der Waals surface area contributed by atoms with Gasteiger partial charge in [-0.3, -0.25) is 10.7 Å². The second kappa shape index (κ2) is 9.36. The zero-order valence-electron chi connectivity index (χ0n) is 13.2. The van der Waals surface area contributed by atoms with E-state index in [9.17, 15) is 4.79 Å². The van der Waals surface area contributed by atoms with Crippen LogP contribution >= 0.6 is 0 Å². The number of esters is 1. The predicted octanol–water partition coefficient (Wildman–Crippen LogP) is 4.38. The van der Waals surface area contributed by atoms with Crippen LogP contribution in [0, 0.1) is 17.8 Å². The van der Waals surface area contributed by atoms with Crippen LogP contribution in [0.1, 0.15) is 67.7 Å². The van der Waals surface area contributed by atoms with Gasteiger partial charge in [0.25, 0.3) is 0 Å². The average Bonchev–Trinajstić information content (AvgIpc) is 2.12. The fourth-order valence-electron chi connectivity index (χ4n) is 2.35. The SMILES string of the molecule is CC[C-](C)C(=O)OC(C)(CC(C)C)CC(C)C.[Y]. The Kier molecular flexibility index (Phi) is 10.8. The quantitative estimate of drug-likeness (QED) is 0.511. The van der Waals surface area contributed by atoms with Gasteiger partial charge in [-0.2, -0.15) is 13.3 Å². The fourth-order valence-corrected chi connectivity index (χ4v) is 2.35. The van der Waals surface area contributed by atoms with E-state index in [4.69, 9.17) is 4.74 Å². The second-order valence-electron chi connectivity index (χ2n) is 6.17. The Morgan fingerprint density at radius 3 is 1.83 bits per heavy atom. The molecule has 0 N–H and O–H groups in total. The van der Waals surface area contributed by atoms with E-state index < -0.39 is 0 Å². The van der Waals surface area contributed by atoms with E-state index in [1.165, 1.54) is 0 Å². The van der Waals surface area contributed by atoms with Gasteiger partial charge < -0.3 is 4.74 Å². The van der Waals surface area contributed by atoms with Crippen molar-refractivity contribution >= 4 is 5.97 Å². The number of carbonyl (C=O) groups is 1.